The van der Waals surface area contributed by atoms with Gasteiger partial charge in [0.2, 0.25) is 0 Å². The Morgan fingerprint density at radius 3 is 2.76 bits per heavy atom. The van der Waals surface area contributed by atoms with Gasteiger partial charge in [-0.3, -0.25) is 0 Å². The SMILES string of the molecule is CC(NCC1CC(O)C1)c1cccc(F)c1F. The molecule has 1 aliphatic rings. The summed E-state index contributed by atoms with van der Waals surface area (Å²) in [6.07, 6.45) is 1.42. The minimum atomic E-state index is -0.810. The van der Waals surface area contributed by atoms with Gasteiger partial charge in [-0.15, -0.1) is 0 Å². The van der Waals surface area contributed by atoms with E-state index in [1.165, 1.54) is 6.07 Å². The third kappa shape index (κ3) is 2.82. The molecule has 2 nitrogen and oxygen atoms in total. The van der Waals surface area contributed by atoms with Crippen LogP contribution in [0.4, 0.5) is 8.78 Å². The number of aliphatic hydroxyl groups is 1. The van der Waals surface area contributed by atoms with E-state index < -0.39 is 11.6 Å². The summed E-state index contributed by atoms with van der Waals surface area (Å²) >= 11 is 0. The van der Waals surface area contributed by atoms with E-state index >= 15 is 0 Å². The molecule has 0 aromatic heterocycles. The van der Waals surface area contributed by atoms with Crippen molar-refractivity contribution < 1.29 is 13.9 Å². The van der Waals surface area contributed by atoms with Crippen molar-refractivity contribution in [2.24, 2.45) is 5.92 Å². The molecule has 1 atom stereocenters. The topological polar surface area (TPSA) is 32.3 Å². The fourth-order valence-corrected chi connectivity index (χ4v) is 2.18. The fourth-order valence-electron chi connectivity index (χ4n) is 2.18. The molecular formula is C13H17F2NO. The normalized spacial score (nSPS) is 25.4. The lowest BCUT2D eigenvalue weighted by molar-refractivity contribution is 0.0420. The highest BCUT2D eigenvalue weighted by atomic mass is 19.2. The summed E-state index contributed by atoms with van der Waals surface area (Å²) < 4.78 is 26.5. The minimum Gasteiger partial charge on any atom is -0.393 e. The number of hydrogen-bond acceptors (Lipinski definition) is 2. The largest absolute Gasteiger partial charge is 0.393 e. The van der Waals surface area contributed by atoms with Crippen LogP contribution in [-0.4, -0.2) is 17.8 Å². The molecule has 4 heteroatoms. The fraction of sp³-hybridized carbons (Fsp3) is 0.538. The summed E-state index contributed by atoms with van der Waals surface area (Å²) in [5.74, 6) is -1.14. The molecule has 0 radical (unpaired) electrons. The lowest BCUT2D eigenvalue weighted by Crippen LogP contribution is -2.37. The van der Waals surface area contributed by atoms with Gasteiger partial charge in [0.1, 0.15) is 0 Å². The lowest BCUT2D eigenvalue weighted by atomic mass is 9.82. The van der Waals surface area contributed by atoms with Crippen LogP contribution in [-0.2, 0) is 0 Å². The zero-order chi connectivity index (χ0) is 12.4. The molecule has 1 aliphatic carbocycles. The van der Waals surface area contributed by atoms with E-state index in [2.05, 4.69) is 5.32 Å². The van der Waals surface area contributed by atoms with Crippen LogP contribution in [0.25, 0.3) is 0 Å². The first-order chi connectivity index (χ1) is 8.08. The predicted molar refractivity (Wildman–Crippen MR) is 61.5 cm³/mol. The highest BCUT2D eigenvalue weighted by molar-refractivity contribution is 5.21. The Bertz CT molecular complexity index is 391. The molecule has 1 saturated carbocycles. The average molecular weight is 241 g/mol. The van der Waals surface area contributed by atoms with E-state index in [0.717, 1.165) is 25.5 Å². The van der Waals surface area contributed by atoms with Crippen LogP contribution in [0.2, 0.25) is 0 Å². The first-order valence-corrected chi connectivity index (χ1v) is 5.93. The summed E-state index contributed by atoms with van der Waals surface area (Å²) in [6.45, 7) is 2.54. The summed E-state index contributed by atoms with van der Waals surface area (Å²) in [5, 5.41) is 12.3. The molecule has 1 unspecified atom stereocenters. The molecule has 0 aliphatic heterocycles. The molecule has 0 bridgehead atoms. The standard InChI is InChI=1S/C13H17F2NO/c1-8(16-7-9-5-10(17)6-9)11-3-2-4-12(14)13(11)15/h2-4,8-10,16-17H,5-7H2,1H3. The molecule has 0 heterocycles. The van der Waals surface area contributed by atoms with Crippen molar-refractivity contribution >= 4 is 0 Å². The molecule has 0 amide bonds. The zero-order valence-corrected chi connectivity index (χ0v) is 9.79. The van der Waals surface area contributed by atoms with Crippen molar-refractivity contribution in [2.75, 3.05) is 6.54 Å². The van der Waals surface area contributed by atoms with Gasteiger partial charge in [-0.1, -0.05) is 12.1 Å². The van der Waals surface area contributed by atoms with Crippen molar-refractivity contribution in [2.45, 2.75) is 31.9 Å². The Balaban J connectivity index is 1.90. The van der Waals surface area contributed by atoms with Crippen molar-refractivity contribution in [1.29, 1.82) is 0 Å². The van der Waals surface area contributed by atoms with Crippen LogP contribution >= 0.6 is 0 Å². The molecule has 1 aromatic rings. The van der Waals surface area contributed by atoms with Crippen LogP contribution in [0.15, 0.2) is 18.2 Å². The molecule has 2 N–H and O–H groups in total. The van der Waals surface area contributed by atoms with Gasteiger partial charge in [0.05, 0.1) is 6.10 Å². The first kappa shape index (κ1) is 12.5. The van der Waals surface area contributed by atoms with Crippen LogP contribution in [0.1, 0.15) is 31.4 Å². The maximum Gasteiger partial charge on any atom is 0.163 e. The Morgan fingerprint density at radius 2 is 2.12 bits per heavy atom. The van der Waals surface area contributed by atoms with Gasteiger partial charge in [0, 0.05) is 11.6 Å². The van der Waals surface area contributed by atoms with Crippen molar-refractivity contribution in [3.8, 4) is 0 Å². The third-order valence-corrected chi connectivity index (χ3v) is 3.37. The molecule has 1 aromatic carbocycles. The highest BCUT2D eigenvalue weighted by Crippen LogP contribution is 2.27. The molecule has 2 rings (SSSR count). The first-order valence-electron chi connectivity index (χ1n) is 5.93. The van der Waals surface area contributed by atoms with E-state index in [1.807, 2.05) is 6.92 Å². The minimum absolute atomic E-state index is 0.178. The van der Waals surface area contributed by atoms with Gasteiger partial charge >= 0.3 is 0 Å². The molecule has 17 heavy (non-hydrogen) atoms. The lowest BCUT2D eigenvalue weighted by Gasteiger charge is -2.32. The number of nitrogens with one attached hydrogen (secondary N) is 1. The predicted octanol–water partition coefficient (Wildman–Crippen LogP) is 2.39. The highest BCUT2D eigenvalue weighted by Gasteiger charge is 2.27. The monoisotopic (exact) mass is 241 g/mol. The summed E-state index contributed by atoms with van der Waals surface area (Å²) in [6, 6.07) is 4.00. The van der Waals surface area contributed by atoms with Gasteiger partial charge < -0.3 is 10.4 Å². The number of benzene rings is 1. The number of halogens is 2. The van der Waals surface area contributed by atoms with Crippen LogP contribution in [0, 0.1) is 17.6 Å². The van der Waals surface area contributed by atoms with E-state index in [4.69, 9.17) is 5.11 Å². The number of aliphatic hydroxyl groups excluding tert-OH is 1. The molecule has 94 valence electrons. The number of rotatable bonds is 4. The van der Waals surface area contributed by atoms with E-state index in [0.29, 0.717) is 11.5 Å². The second-order valence-corrected chi connectivity index (χ2v) is 4.76. The molecule has 0 spiro atoms. The summed E-state index contributed by atoms with van der Waals surface area (Å²) in [5.41, 5.74) is 0.352. The van der Waals surface area contributed by atoms with Gasteiger partial charge in [-0.2, -0.15) is 0 Å². The Labute approximate surface area is 99.7 Å². The second-order valence-electron chi connectivity index (χ2n) is 4.76. The van der Waals surface area contributed by atoms with Crippen LogP contribution in [0.5, 0.6) is 0 Å². The van der Waals surface area contributed by atoms with Gasteiger partial charge in [-0.25, -0.2) is 8.78 Å². The van der Waals surface area contributed by atoms with E-state index in [9.17, 15) is 8.78 Å². The summed E-state index contributed by atoms with van der Waals surface area (Å²) in [7, 11) is 0. The zero-order valence-electron chi connectivity index (χ0n) is 9.79. The number of hydrogen-bond donors (Lipinski definition) is 2. The van der Waals surface area contributed by atoms with Gasteiger partial charge in [0.15, 0.2) is 11.6 Å². The maximum atomic E-state index is 13.5. The Morgan fingerprint density at radius 1 is 1.41 bits per heavy atom. The van der Waals surface area contributed by atoms with E-state index in [1.54, 1.807) is 6.07 Å². The van der Waals surface area contributed by atoms with Crippen molar-refractivity contribution in [3.63, 3.8) is 0 Å². The molecule has 0 saturated heterocycles. The van der Waals surface area contributed by atoms with Crippen LogP contribution < -0.4 is 5.32 Å². The third-order valence-electron chi connectivity index (χ3n) is 3.37. The maximum absolute atomic E-state index is 13.5. The van der Waals surface area contributed by atoms with Crippen LogP contribution in [0.3, 0.4) is 0 Å². The van der Waals surface area contributed by atoms with Crippen molar-refractivity contribution in [3.05, 3.63) is 35.4 Å². The quantitative estimate of drug-likeness (QED) is 0.848. The Kier molecular flexibility index (Phi) is 3.74. The van der Waals surface area contributed by atoms with Gasteiger partial charge in [-0.05, 0) is 38.3 Å². The summed E-state index contributed by atoms with van der Waals surface area (Å²) in [4.78, 5) is 0. The Hall–Kier alpha value is -1.00. The smallest absolute Gasteiger partial charge is 0.163 e. The second kappa shape index (κ2) is 5.10. The molecule has 1 fully saturated rings. The average Bonchev–Trinajstić information content (AvgIpc) is 2.26. The van der Waals surface area contributed by atoms with E-state index in [-0.39, 0.29) is 12.1 Å². The van der Waals surface area contributed by atoms with Gasteiger partial charge in [0.25, 0.3) is 0 Å². The van der Waals surface area contributed by atoms with Crippen molar-refractivity contribution in [1.82, 2.24) is 5.32 Å². The molecular weight excluding hydrogens is 224 g/mol.